The van der Waals surface area contributed by atoms with Gasteiger partial charge in [0.05, 0.1) is 16.2 Å². The summed E-state index contributed by atoms with van der Waals surface area (Å²) >= 11 is 15.5. The maximum Gasteiger partial charge on any atom is 0.147 e. The lowest BCUT2D eigenvalue weighted by atomic mass is 10.1. The van der Waals surface area contributed by atoms with Crippen LogP contribution in [0.5, 0.6) is 11.5 Å². The number of ether oxygens (including phenoxy) is 1. The Balaban J connectivity index is 2.24. The normalized spacial score (nSPS) is 12.2. The Morgan fingerprint density at radius 3 is 2.70 bits per heavy atom. The van der Waals surface area contributed by atoms with E-state index in [1.807, 2.05) is 13.0 Å². The predicted octanol–water partition coefficient (Wildman–Crippen LogP) is 4.83. The molecule has 1 atom stereocenters. The molecule has 3 nitrogen and oxygen atoms in total. The Morgan fingerprint density at radius 2 is 2.00 bits per heavy atom. The van der Waals surface area contributed by atoms with E-state index in [1.165, 1.54) is 0 Å². The van der Waals surface area contributed by atoms with Crippen LogP contribution in [0.2, 0.25) is 10.0 Å². The number of rotatable bonds is 4. The maximum atomic E-state index is 6.12. The number of nitrogens with two attached hydrogens (primary N) is 1. The Kier molecular flexibility index (Phi) is 5.27. The van der Waals surface area contributed by atoms with Crippen LogP contribution in [0.3, 0.4) is 0 Å². The van der Waals surface area contributed by atoms with Crippen molar-refractivity contribution in [2.75, 3.05) is 0 Å². The molecule has 1 heterocycles. The average Bonchev–Trinajstić information content (AvgIpc) is 2.35. The van der Waals surface area contributed by atoms with Crippen molar-refractivity contribution in [1.82, 2.24) is 4.98 Å². The van der Waals surface area contributed by atoms with E-state index >= 15 is 0 Å². The van der Waals surface area contributed by atoms with Gasteiger partial charge in [-0.2, -0.15) is 0 Å². The van der Waals surface area contributed by atoms with Gasteiger partial charge in [0.1, 0.15) is 11.5 Å². The Bertz CT molecular complexity index is 620. The molecule has 0 aliphatic heterocycles. The second-order valence-electron chi connectivity index (χ2n) is 4.51. The van der Waals surface area contributed by atoms with Crippen LogP contribution in [0.4, 0.5) is 0 Å². The molecule has 6 heteroatoms. The monoisotopic (exact) mass is 374 g/mol. The van der Waals surface area contributed by atoms with Gasteiger partial charge in [-0.25, -0.2) is 0 Å². The summed E-state index contributed by atoms with van der Waals surface area (Å²) in [6, 6.07) is 5.31. The van der Waals surface area contributed by atoms with E-state index in [0.717, 1.165) is 16.5 Å². The van der Waals surface area contributed by atoms with Crippen LogP contribution in [0.1, 0.15) is 12.5 Å². The van der Waals surface area contributed by atoms with Crippen molar-refractivity contribution in [3.05, 3.63) is 50.7 Å². The number of halogens is 3. The largest absolute Gasteiger partial charge is 0.454 e. The molecule has 0 saturated carbocycles. The molecule has 2 aromatic rings. The molecule has 0 saturated heterocycles. The van der Waals surface area contributed by atoms with Crippen LogP contribution >= 0.6 is 39.1 Å². The highest BCUT2D eigenvalue weighted by Crippen LogP contribution is 2.36. The zero-order valence-electron chi connectivity index (χ0n) is 10.7. The van der Waals surface area contributed by atoms with Gasteiger partial charge in [-0.15, -0.1) is 0 Å². The molecule has 1 unspecified atom stereocenters. The summed E-state index contributed by atoms with van der Waals surface area (Å²) in [5.41, 5.74) is 6.79. The fraction of sp³-hybridized carbons (Fsp3) is 0.214. The third-order valence-electron chi connectivity index (χ3n) is 2.53. The van der Waals surface area contributed by atoms with E-state index in [0.29, 0.717) is 21.5 Å². The molecule has 0 aliphatic carbocycles. The fourth-order valence-electron chi connectivity index (χ4n) is 1.71. The van der Waals surface area contributed by atoms with Crippen molar-refractivity contribution in [2.24, 2.45) is 5.73 Å². The molecule has 0 fully saturated rings. The van der Waals surface area contributed by atoms with Gasteiger partial charge < -0.3 is 10.5 Å². The third kappa shape index (κ3) is 4.09. The zero-order valence-corrected chi connectivity index (χ0v) is 13.8. The van der Waals surface area contributed by atoms with Crippen molar-refractivity contribution >= 4 is 39.1 Å². The number of benzene rings is 1. The molecule has 0 spiro atoms. The number of hydrogen-bond acceptors (Lipinski definition) is 3. The standard InChI is InChI=1S/C14H13BrCl2N2O/c1-8(18)2-9-3-10(7-19-6-9)20-14-5-12(16)11(15)4-13(14)17/h3-8H,2,18H2,1H3. The van der Waals surface area contributed by atoms with E-state index in [9.17, 15) is 0 Å². The van der Waals surface area contributed by atoms with Gasteiger partial charge in [0.25, 0.3) is 0 Å². The topological polar surface area (TPSA) is 48.1 Å². The summed E-state index contributed by atoms with van der Waals surface area (Å²) in [5, 5.41) is 1.00. The van der Waals surface area contributed by atoms with Crippen LogP contribution in [0.15, 0.2) is 35.1 Å². The SMILES string of the molecule is CC(N)Cc1cncc(Oc2cc(Cl)c(Br)cc2Cl)c1. The van der Waals surface area contributed by atoms with Crippen molar-refractivity contribution in [1.29, 1.82) is 0 Å². The molecular weight excluding hydrogens is 363 g/mol. The molecule has 0 bridgehead atoms. The van der Waals surface area contributed by atoms with Crippen LogP contribution < -0.4 is 10.5 Å². The second-order valence-corrected chi connectivity index (χ2v) is 6.18. The van der Waals surface area contributed by atoms with E-state index in [1.54, 1.807) is 24.5 Å². The summed E-state index contributed by atoms with van der Waals surface area (Å²) in [4.78, 5) is 4.14. The first-order valence-corrected chi connectivity index (χ1v) is 7.52. The van der Waals surface area contributed by atoms with Crippen LogP contribution in [0.25, 0.3) is 0 Å². The minimum atomic E-state index is 0.0674. The summed E-state index contributed by atoms with van der Waals surface area (Å²) in [5.74, 6) is 1.09. The molecule has 2 N–H and O–H groups in total. The summed E-state index contributed by atoms with van der Waals surface area (Å²) in [6.07, 6.45) is 4.13. The van der Waals surface area contributed by atoms with E-state index < -0.39 is 0 Å². The molecule has 2 rings (SSSR count). The minimum absolute atomic E-state index is 0.0674. The van der Waals surface area contributed by atoms with Crippen molar-refractivity contribution in [3.63, 3.8) is 0 Å². The molecule has 106 valence electrons. The van der Waals surface area contributed by atoms with Crippen molar-refractivity contribution in [2.45, 2.75) is 19.4 Å². The predicted molar refractivity (Wildman–Crippen MR) is 85.8 cm³/mol. The highest BCUT2D eigenvalue weighted by atomic mass is 79.9. The molecule has 1 aromatic heterocycles. The van der Waals surface area contributed by atoms with Crippen molar-refractivity contribution in [3.8, 4) is 11.5 Å². The number of nitrogens with zero attached hydrogens (tertiary/aromatic N) is 1. The van der Waals surface area contributed by atoms with Crippen molar-refractivity contribution < 1.29 is 4.74 Å². The minimum Gasteiger partial charge on any atom is -0.454 e. The summed E-state index contributed by atoms with van der Waals surface area (Å²) in [6.45, 7) is 1.94. The van der Waals surface area contributed by atoms with Gasteiger partial charge in [0, 0.05) is 22.8 Å². The Hall–Kier alpha value is -0.810. The van der Waals surface area contributed by atoms with Crippen LogP contribution in [-0.4, -0.2) is 11.0 Å². The Labute approximate surface area is 136 Å². The molecule has 0 aliphatic rings. The third-order valence-corrected chi connectivity index (χ3v) is 4.02. The van der Waals surface area contributed by atoms with E-state index in [-0.39, 0.29) is 6.04 Å². The van der Waals surface area contributed by atoms with Gasteiger partial charge in [-0.1, -0.05) is 23.2 Å². The van der Waals surface area contributed by atoms with E-state index in [2.05, 4.69) is 20.9 Å². The smallest absolute Gasteiger partial charge is 0.147 e. The highest BCUT2D eigenvalue weighted by Gasteiger charge is 2.09. The van der Waals surface area contributed by atoms with Crippen LogP contribution in [-0.2, 0) is 6.42 Å². The lowest BCUT2D eigenvalue weighted by Gasteiger charge is -2.10. The first-order chi connectivity index (χ1) is 9.45. The van der Waals surface area contributed by atoms with Gasteiger partial charge in [-0.3, -0.25) is 4.98 Å². The van der Waals surface area contributed by atoms with Gasteiger partial charge in [-0.05, 0) is 47.0 Å². The zero-order chi connectivity index (χ0) is 14.7. The number of hydrogen-bond donors (Lipinski definition) is 1. The lowest BCUT2D eigenvalue weighted by molar-refractivity contribution is 0.479. The van der Waals surface area contributed by atoms with Gasteiger partial charge >= 0.3 is 0 Å². The molecule has 1 aromatic carbocycles. The molecular formula is C14H13BrCl2N2O. The van der Waals surface area contributed by atoms with Gasteiger partial charge in [0.15, 0.2) is 0 Å². The van der Waals surface area contributed by atoms with Crippen LogP contribution in [0, 0.1) is 0 Å². The fourth-order valence-corrected chi connectivity index (χ4v) is 2.54. The Morgan fingerprint density at radius 1 is 1.25 bits per heavy atom. The maximum absolute atomic E-state index is 6.12. The number of aromatic nitrogens is 1. The van der Waals surface area contributed by atoms with E-state index in [4.69, 9.17) is 33.7 Å². The number of pyridine rings is 1. The summed E-state index contributed by atoms with van der Waals surface area (Å²) in [7, 11) is 0. The molecule has 20 heavy (non-hydrogen) atoms. The first kappa shape index (κ1) is 15.6. The average molecular weight is 376 g/mol. The molecule has 0 radical (unpaired) electrons. The quantitative estimate of drug-likeness (QED) is 0.778. The summed E-state index contributed by atoms with van der Waals surface area (Å²) < 4.78 is 6.45. The lowest BCUT2D eigenvalue weighted by Crippen LogP contribution is -2.17. The molecule has 0 amide bonds. The second kappa shape index (κ2) is 6.76. The highest BCUT2D eigenvalue weighted by molar-refractivity contribution is 9.10. The van der Waals surface area contributed by atoms with Gasteiger partial charge in [0.2, 0.25) is 0 Å². The first-order valence-electron chi connectivity index (χ1n) is 5.97.